The smallest absolute Gasteiger partial charge is 0.166 e. The van der Waals surface area contributed by atoms with Crippen LogP contribution < -0.4 is 0 Å². The van der Waals surface area contributed by atoms with Crippen molar-refractivity contribution in [3.8, 4) is 0 Å². The van der Waals surface area contributed by atoms with Crippen molar-refractivity contribution < 1.29 is 0 Å². The number of hydrogen-bond acceptors (Lipinski definition) is 5. The lowest BCUT2D eigenvalue weighted by atomic mass is 9.79. The van der Waals surface area contributed by atoms with Gasteiger partial charge in [0.1, 0.15) is 6.33 Å². The molecule has 0 saturated carbocycles. The Bertz CT molecular complexity index is 1150. The molecule has 1 saturated heterocycles. The predicted molar refractivity (Wildman–Crippen MR) is 146 cm³/mol. The van der Waals surface area contributed by atoms with Gasteiger partial charge in [0, 0.05) is 12.3 Å². The number of benzene rings is 1. The molecule has 3 heterocycles. The lowest BCUT2D eigenvalue weighted by molar-refractivity contribution is 0.219. The first kappa shape index (κ1) is 25.5. The van der Waals surface area contributed by atoms with Crippen molar-refractivity contribution in [2.45, 2.75) is 91.5 Å². The number of nitrogens with zero attached hydrogens (tertiary/aromatic N) is 6. The van der Waals surface area contributed by atoms with Crippen LogP contribution in [0.1, 0.15) is 90.8 Å². The second-order valence-electron chi connectivity index (χ2n) is 11.9. The summed E-state index contributed by atoms with van der Waals surface area (Å²) in [6.45, 7) is 20.0. The van der Waals surface area contributed by atoms with E-state index in [1.807, 2.05) is 10.9 Å². The van der Waals surface area contributed by atoms with E-state index >= 15 is 0 Å². The number of fused-ring (bicyclic) bond motifs is 1. The molecule has 0 atom stereocenters. The third-order valence-corrected chi connectivity index (χ3v) is 7.06. The van der Waals surface area contributed by atoms with E-state index in [2.05, 4.69) is 86.6 Å². The average molecular weight is 475 g/mol. The summed E-state index contributed by atoms with van der Waals surface area (Å²) in [6, 6.07) is 6.96. The second kappa shape index (κ2) is 10.2. The molecule has 1 aliphatic heterocycles. The van der Waals surface area contributed by atoms with Gasteiger partial charge in [0.2, 0.25) is 0 Å². The van der Waals surface area contributed by atoms with E-state index in [-0.39, 0.29) is 10.8 Å². The van der Waals surface area contributed by atoms with E-state index in [0.29, 0.717) is 5.82 Å². The van der Waals surface area contributed by atoms with Gasteiger partial charge >= 0.3 is 0 Å². The zero-order valence-corrected chi connectivity index (χ0v) is 22.7. The molecule has 6 nitrogen and oxygen atoms in total. The van der Waals surface area contributed by atoms with Gasteiger partial charge in [-0.15, -0.1) is 0 Å². The van der Waals surface area contributed by atoms with Crippen LogP contribution in [0.4, 0.5) is 5.82 Å². The van der Waals surface area contributed by atoms with Gasteiger partial charge in [-0.25, -0.2) is 19.6 Å². The Labute approximate surface area is 210 Å². The van der Waals surface area contributed by atoms with Gasteiger partial charge in [-0.2, -0.15) is 5.10 Å². The van der Waals surface area contributed by atoms with Gasteiger partial charge in [-0.1, -0.05) is 61.0 Å². The summed E-state index contributed by atoms with van der Waals surface area (Å²) < 4.78 is 2.01. The molecule has 0 spiro atoms. The topological polar surface area (TPSA) is 59.2 Å². The van der Waals surface area contributed by atoms with Crippen molar-refractivity contribution in [3.63, 3.8) is 0 Å². The summed E-state index contributed by atoms with van der Waals surface area (Å²) >= 11 is 0. The van der Waals surface area contributed by atoms with Gasteiger partial charge in [0.15, 0.2) is 11.5 Å². The van der Waals surface area contributed by atoms with E-state index in [0.717, 1.165) is 36.3 Å². The zero-order valence-electron chi connectivity index (χ0n) is 22.7. The largest absolute Gasteiger partial charge is 0.301 e. The normalized spacial score (nSPS) is 16.3. The van der Waals surface area contributed by atoms with Gasteiger partial charge in [0.05, 0.1) is 18.1 Å². The fraction of sp³-hybridized carbons (Fsp3) is 0.586. The molecule has 0 amide bonds. The molecule has 4 rings (SSSR count). The number of aliphatic imine (C=N–C) groups is 1. The Balaban J connectivity index is 1.69. The Morgan fingerprint density at radius 1 is 0.886 bits per heavy atom. The van der Waals surface area contributed by atoms with Crippen LogP contribution in [-0.4, -0.2) is 50.0 Å². The Kier molecular flexibility index (Phi) is 7.41. The van der Waals surface area contributed by atoms with Crippen molar-refractivity contribution in [1.29, 1.82) is 0 Å². The fourth-order valence-corrected chi connectivity index (χ4v) is 4.69. The molecule has 3 aromatic rings. The third-order valence-electron chi connectivity index (χ3n) is 7.06. The van der Waals surface area contributed by atoms with Crippen LogP contribution in [0, 0.1) is 0 Å². The van der Waals surface area contributed by atoms with E-state index < -0.39 is 0 Å². The summed E-state index contributed by atoms with van der Waals surface area (Å²) in [4.78, 5) is 16.7. The van der Waals surface area contributed by atoms with Crippen LogP contribution in [0.5, 0.6) is 0 Å². The van der Waals surface area contributed by atoms with Gasteiger partial charge in [0.25, 0.3) is 0 Å². The molecule has 1 aromatic carbocycles. The lowest BCUT2D eigenvalue weighted by Gasteiger charge is -2.26. The summed E-state index contributed by atoms with van der Waals surface area (Å²) in [5.74, 6) is 0.703. The summed E-state index contributed by atoms with van der Waals surface area (Å²) in [6.07, 6.45) is 8.28. The quantitative estimate of drug-likeness (QED) is 0.386. The molecule has 2 aromatic heterocycles. The van der Waals surface area contributed by atoms with Gasteiger partial charge in [-0.05, 0) is 72.0 Å². The molecule has 0 N–H and O–H groups in total. The molecular formula is C29H42N6. The van der Waals surface area contributed by atoms with Crippen LogP contribution in [-0.2, 0) is 17.4 Å². The number of rotatable bonds is 6. The highest BCUT2D eigenvalue weighted by atomic mass is 15.3. The van der Waals surface area contributed by atoms with Gasteiger partial charge < -0.3 is 4.90 Å². The average Bonchev–Trinajstić information content (AvgIpc) is 3.24. The van der Waals surface area contributed by atoms with Gasteiger partial charge in [-0.3, -0.25) is 0 Å². The first-order valence-electron chi connectivity index (χ1n) is 13.2. The van der Waals surface area contributed by atoms with Crippen LogP contribution in [0.2, 0.25) is 0 Å². The van der Waals surface area contributed by atoms with Crippen LogP contribution in [0.15, 0.2) is 35.7 Å². The SMILES string of the molecule is CCC(=Nc1ncnc2c1cnn2CCN1CCCCC1)c1cc(C(C)(C)C)cc(C(C)(C)C)c1. The molecule has 35 heavy (non-hydrogen) atoms. The Morgan fingerprint density at radius 2 is 1.54 bits per heavy atom. The molecule has 0 aliphatic carbocycles. The zero-order chi connectivity index (χ0) is 25.2. The summed E-state index contributed by atoms with van der Waals surface area (Å²) in [5, 5.41) is 5.57. The second-order valence-corrected chi connectivity index (χ2v) is 11.9. The van der Waals surface area contributed by atoms with E-state index in [4.69, 9.17) is 4.99 Å². The minimum absolute atomic E-state index is 0.0620. The number of hydrogen-bond donors (Lipinski definition) is 0. The summed E-state index contributed by atoms with van der Waals surface area (Å²) in [5.41, 5.74) is 5.87. The fourth-order valence-electron chi connectivity index (χ4n) is 4.69. The number of likely N-dealkylation sites (tertiary alicyclic amines) is 1. The monoisotopic (exact) mass is 474 g/mol. The minimum Gasteiger partial charge on any atom is -0.301 e. The molecular weight excluding hydrogens is 432 g/mol. The molecule has 188 valence electrons. The maximum absolute atomic E-state index is 5.09. The van der Waals surface area contributed by atoms with Crippen LogP contribution >= 0.6 is 0 Å². The van der Waals surface area contributed by atoms with Crippen LogP contribution in [0.3, 0.4) is 0 Å². The molecule has 1 fully saturated rings. The van der Waals surface area contributed by atoms with Crippen molar-refractivity contribution in [2.24, 2.45) is 4.99 Å². The van der Waals surface area contributed by atoms with Crippen LogP contribution in [0.25, 0.3) is 11.0 Å². The molecule has 0 unspecified atom stereocenters. The highest BCUT2D eigenvalue weighted by Crippen LogP contribution is 2.32. The molecule has 1 aliphatic rings. The molecule has 6 heteroatoms. The lowest BCUT2D eigenvalue weighted by Crippen LogP contribution is -2.32. The Hall–Kier alpha value is -2.60. The van der Waals surface area contributed by atoms with E-state index in [9.17, 15) is 0 Å². The number of piperidine rings is 1. The predicted octanol–water partition coefficient (Wildman–Crippen LogP) is 6.44. The highest BCUT2D eigenvalue weighted by molar-refractivity contribution is 6.03. The first-order chi connectivity index (χ1) is 16.6. The third kappa shape index (κ3) is 5.97. The Morgan fingerprint density at radius 3 is 2.14 bits per heavy atom. The highest BCUT2D eigenvalue weighted by Gasteiger charge is 2.22. The maximum atomic E-state index is 5.09. The van der Waals surface area contributed by atoms with E-state index in [1.54, 1.807) is 6.33 Å². The van der Waals surface area contributed by atoms with Crippen molar-refractivity contribution in [3.05, 3.63) is 47.4 Å². The number of aromatic nitrogens is 4. The standard InChI is InChI=1S/C29H42N6/c1-8-25(21-16-22(28(2,3)4)18-23(17-21)29(5,6)7)33-26-24-19-32-35(27(24)31-20-30-26)15-14-34-12-10-9-11-13-34/h16-20H,8-15H2,1-7H3. The van der Waals surface area contributed by atoms with E-state index in [1.165, 1.54) is 49.0 Å². The maximum Gasteiger partial charge on any atom is 0.166 e. The summed E-state index contributed by atoms with van der Waals surface area (Å²) in [7, 11) is 0. The minimum atomic E-state index is 0.0620. The van der Waals surface area contributed by atoms with Crippen molar-refractivity contribution in [1.82, 2.24) is 24.6 Å². The van der Waals surface area contributed by atoms with Crippen molar-refractivity contribution in [2.75, 3.05) is 19.6 Å². The molecule has 0 radical (unpaired) electrons. The first-order valence-corrected chi connectivity index (χ1v) is 13.2. The van der Waals surface area contributed by atoms with Crippen molar-refractivity contribution >= 4 is 22.6 Å². The molecule has 0 bridgehead atoms.